The van der Waals surface area contributed by atoms with Crippen LogP contribution in [0.1, 0.15) is 36.3 Å². The van der Waals surface area contributed by atoms with Gasteiger partial charge in [0.2, 0.25) is 5.28 Å². The molecule has 3 heterocycles. The van der Waals surface area contributed by atoms with Gasteiger partial charge in [-0.2, -0.15) is 18.2 Å². The van der Waals surface area contributed by atoms with Crippen molar-refractivity contribution < 1.29 is 23.0 Å². The number of thiophene rings is 1. The Balaban J connectivity index is 1.47. The molecule has 1 aliphatic heterocycles. The lowest BCUT2D eigenvalue weighted by Crippen LogP contribution is -2.36. The lowest BCUT2D eigenvalue weighted by Gasteiger charge is -2.35. The number of benzene rings is 1. The van der Waals surface area contributed by atoms with Crippen molar-refractivity contribution in [3.63, 3.8) is 0 Å². The van der Waals surface area contributed by atoms with E-state index in [2.05, 4.69) is 9.97 Å². The van der Waals surface area contributed by atoms with Crippen molar-refractivity contribution in [1.82, 2.24) is 9.97 Å². The van der Waals surface area contributed by atoms with Gasteiger partial charge in [-0.05, 0) is 61.0 Å². The molecule has 1 N–H and O–H groups in total. The lowest BCUT2D eigenvalue weighted by atomic mass is 9.87. The number of piperidine rings is 1. The van der Waals surface area contributed by atoms with E-state index < -0.39 is 18.7 Å². The van der Waals surface area contributed by atoms with Crippen LogP contribution in [0.3, 0.4) is 0 Å². The highest BCUT2D eigenvalue weighted by molar-refractivity contribution is 7.18. The molecule has 1 fully saturated rings. The fourth-order valence-corrected chi connectivity index (χ4v) is 5.35. The molecule has 4 rings (SSSR count). The van der Waals surface area contributed by atoms with Gasteiger partial charge in [0.25, 0.3) is 0 Å². The molecule has 0 spiro atoms. The molecule has 1 aromatic carbocycles. The molecule has 32 heavy (non-hydrogen) atoms. The number of hydrogen-bond donors (Lipinski definition) is 1. The number of aromatic nitrogens is 2. The summed E-state index contributed by atoms with van der Waals surface area (Å²) in [6, 6.07) is 8.98. The summed E-state index contributed by atoms with van der Waals surface area (Å²) >= 11 is 7.06. The number of aliphatic hydroxyl groups excluding tert-OH is 1. The second kappa shape index (κ2) is 9.41. The Bertz CT molecular complexity index is 1070. The minimum atomic E-state index is -4.28. The zero-order chi connectivity index (χ0) is 22.9. The highest BCUT2D eigenvalue weighted by Gasteiger charge is 2.31. The molecule has 3 aromatic rings. The van der Waals surface area contributed by atoms with Gasteiger partial charge >= 0.3 is 6.18 Å². The van der Waals surface area contributed by atoms with E-state index in [1.807, 2.05) is 36.1 Å². The van der Waals surface area contributed by atoms with Crippen LogP contribution in [0.2, 0.25) is 5.28 Å². The van der Waals surface area contributed by atoms with Crippen molar-refractivity contribution in [3.05, 3.63) is 46.1 Å². The van der Waals surface area contributed by atoms with Gasteiger partial charge in [-0.1, -0.05) is 12.1 Å². The number of ether oxygens (including phenoxy) is 1. The zero-order valence-corrected chi connectivity index (χ0v) is 19.0. The minimum Gasteiger partial charge on any atom is -0.494 e. The molecule has 1 atom stereocenters. The van der Waals surface area contributed by atoms with Crippen LogP contribution in [-0.4, -0.2) is 40.9 Å². The molecule has 10 heteroatoms. The smallest absolute Gasteiger partial charge is 0.393 e. The van der Waals surface area contributed by atoms with Crippen LogP contribution in [0.4, 0.5) is 19.0 Å². The Labute approximate surface area is 192 Å². The Hall–Kier alpha value is -2.10. The van der Waals surface area contributed by atoms with Crippen LogP contribution in [0.5, 0.6) is 5.75 Å². The van der Waals surface area contributed by atoms with E-state index >= 15 is 0 Å². The summed E-state index contributed by atoms with van der Waals surface area (Å²) in [5.41, 5.74) is 0.842. The summed E-state index contributed by atoms with van der Waals surface area (Å²) in [6.45, 7) is 3.74. The van der Waals surface area contributed by atoms with Crippen LogP contribution in [-0.2, 0) is 6.42 Å². The van der Waals surface area contributed by atoms with Gasteiger partial charge in [0, 0.05) is 18.0 Å². The molecule has 5 nitrogen and oxygen atoms in total. The van der Waals surface area contributed by atoms with E-state index in [0.29, 0.717) is 35.7 Å². The number of alkyl halides is 3. The number of halogens is 4. The molecule has 0 saturated carbocycles. The van der Waals surface area contributed by atoms with E-state index in [1.54, 1.807) is 0 Å². The quantitative estimate of drug-likeness (QED) is 0.447. The van der Waals surface area contributed by atoms with Crippen LogP contribution in [0.25, 0.3) is 10.2 Å². The van der Waals surface area contributed by atoms with E-state index in [-0.39, 0.29) is 16.1 Å². The number of rotatable bonds is 6. The highest BCUT2D eigenvalue weighted by atomic mass is 35.5. The van der Waals surface area contributed by atoms with Gasteiger partial charge in [0.1, 0.15) is 16.4 Å². The Kier molecular flexibility index (Phi) is 6.78. The number of fused-ring (bicyclic) bond motifs is 1. The number of hydrogen-bond acceptors (Lipinski definition) is 6. The maximum Gasteiger partial charge on any atom is 0.393 e. The average molecular weight is 486 g/mol. The zero-order valence-electron chi connectivity index (χ0n) is 17.4. The largest absolute Gasteiger partial charge is 0.494 e. The summed E-state index contributed by atoms with van der Waals surface area (Å²) in [6.07, 6.45) is -4.44. The normalized spacial score (nSPS) is 16.5. The summed E-state index contributed by atoms with van der Waals surface area (Å²) in [5.74, 6) is 1.39. The summed E-state index contributed by atoms with van der Waals surface area (Å²) in [7, 11) is 0. The van der Waals surface area contributed by atoms with E-state index in [4.69, 9.17) is 16.3 Å². The molecular formula is C22H23ClF3N3O2S. The predicted octanol–water partition coefficient (Wildman–Crippen LogP) is 5.80. The molecular weight excluding hydrogens is 463 g/mol. The Morgan fingerprint density at radius 1 is 1.22 bits per heavy atom. The number of nitrogens with zero attached hydrogens (tertiary/aromatic N) is 3. The second-order valence-corrected chi connectivity index (χ2v) is 9.26. The van der Waals surface area contributed by atoms with Gasteiger partial charge in [0.15, 0.2) is 0 Å². The van der Waals surface area contributed by atoms with E-state index in [0.717, 1.165) is 35.5 Å². The summed E-state index contributed by atoms with van der Waals surface area (Å²) < 4.78 is 43.9. The first-order valence-electron chi connectivity index (χ1n) is 10.4. The number of anilines is 1. The van der Waals surface area contributed by atoms with Gasteiger partial charge in [-0.25, -0.2) is 4.98 Å². The Morgan fingerprint density at radius 2 is 1.91 bits per heavy atom. The second-order valence-electron chi connectivity index (χ2n) is 7.81. The fraction of sp³-hybridized carbons (Fsp3) is 0.455. The molecule has 0 aliphatic carbocycles. The molecule has 0 bridgehead atoms. The molecule has 2 aromatic heterocycles. The van der Waals surface area contributed by atoms with Crippen molar-refractivity contribution in [3.8, 4) is 5.75 Å². The van der Waals surface area contributed by atoms with E-state index in [1.165, 1.54) is 6.07 Å². The predicted molar refractivity (Wildman–Crippen MR) is 120 cm³/mol. The molecule has 172 valence electrons. The van der Waals surface area contributed by atoms with Crippen LogP contribution in [0.15, 0.2) is 30.3 Å². The third-order valence-corrected chi connectivity index (χ3v) is 6.79. The van der Waals surface area contributed by atoms with Crippen molar-refractivity contribution in [2.45, 2.75) is 38.5 Å². The standard InChI is InChI=1S/C22H23ClF3N3O2S/c1-2-31-15-5-3-13(4-6-15)18(30)14-7-9-29(10-8-14)19-17-11-16(12-22(24,25)26)32-20(17)28-21(23)27-19/h3-6,11,14,18,30H,2,7-10,12H2,1H3. The SMILES string of the molecule is CCOc1ccc(C(O)C2CCN(c3nc(Cl)nc4sc(CC(F)(F)F)cc34)CC2)cc1. The van der Waals surface area contributed by atoms with Crippen molar-refractivity contribution in [2.24, 2.45) is 5.92 Å². The van der Waals surface area contributed by atoms with Crippen molar-refractivity contribution in [2.75, 3.05) is 24.6 Å². The molecule has 1 aliphatic rings. The molecule has 0 amide bonds. The average Bonchev–Trinajstić information content (AvgIpc) is 3.14. The first kappa shape index (κ1) is 23.1. The topological polar surface area (TPSA) is 58.5 Å². The van der Waals surface area contributed by atoms with Gasteiger partial charge < -0.3 is 14.7 Å². The summed E-state index contributed by atoms with van der Waals surface area (Å²) in [5, 5.41) is 11.4. The lowest BCUT2D eigenvalue weighted by molar-refractivity contribution is -0.126. The first-order chi connectivity index (χ1) is 15.2. The third kappa shape index (κ3) is 5.27. The van der Waals surface area contributed by atoms with Crippen LogP contribution < -0.4 is 9.64 Å². The third-order valence-electron chi connectivity index (χ3n) is 5.59. The van der Waals surface area contributed by atoms with Gasteiger partial charge in [-0.15, -0.1) is 11.3 Å². The molecule has 1 unspecified atom stereocenters. The maximum absolute atomic E-state index is 12.8. The van der Waals surface area contributed by atoms with Crippen molar-refractivity contribution in [1.29, 1.82) is 0 Å². The van der Waals surface area contributed by atoms with E-state index in [9.17, 15) is 18.3 Å². The van der Waals surface area contributed by atoms with Crippen LogP contribution >= 0.6 is 22.9 Å². The first-order valence-corrected chi connectivity index (χ1v) is 11.6. The molecule has 1 saturated heterocycles. The fourth-order valence-electron chi connectivity index (χ4n) is 4.08. The summed E-state index contributed by atoms with van der Waals surface area (Å²) in [4.78, 5) is 11.1. The van der Waals surface area contributed by atoms with Gasteiger partial charge in [0.05, 0.1) is 24.5 Å². The maximum atomic E-state index is 12.8. The number of aliphatic hydroxyl groups is 1. The minimum absolute atomic E-state index is 0.0180. The highest BCUT2D eigenvalue weighted by Crippen LogP contribution is 2.38. The molecule has 0 radical (unpaired) electrons. The van der Waals surface area contributed by atoms with Crippen molar-refractivity contribution >= 4 is 39.0 Å². The van der Waals surface area contributed by atoms with Crippen LogP contribution in [0, 0.1) is 5.92 Å². The van der Waals surface area contributed by atoms with Gasteiger partial charge in [-0.3, -0.25) is 0 Å². The Morgan fingerprint density at radius 3 is 2.53 bits per heavy atom. The monoisotopic (exact) mass is 485 g/mol.